The average Bonchev–Trinajstić information content (AvgIpc) is 3.33. The van der Waals surface area contributed by atoms with Gasteiger partial charge in [-0.25, -0.2) is 0 Å². The number of hydrogen-bond acceptors (Lipinski definition) is 6. The van der Waals surface area contributed by atoms with E-state index in [1.807, 2.05) is 0 Å². The maximum absolute atomic E-state index is 12.8. The van der Waals surface area contributed by atoms with E-state index >= 15 is 0 Å². The molecule has 0 aromatic heterocycles. The number of rotatable bonds is 50. The van der Waals surface area contributed by atoms with E-state index in [4.69, 9.17) is 14.2 Å². The van der Waals surface area contributed by atoms with Gasteiger partial charge in [0.2, 0.25) is 0 Å². The topological polar surface area (TPSA) is 78.9 Å². The Labute approximate surface area is 414 Å². The fourth-order valence-corrected chi connectivity index (χ4v) is 7.63. The number of unbranched alkanes of at least 4 members (excludes halogenated alkanes) is 25. The van der Waals surface area contributed by atoms with E-state index in [1.54, 1.807) is 0 Å². The first-order valence-corrected chi connectivity index (χ1v) is 28.1. The Morgan fingerprint density at radius 1 is 0.313 bits per heavy atom. The molecule has 0 N–H and O–H groups in total. The lowest BCUT2D eigenvalue weighted by atomic mass is 10.0. The minimum absolute atomic E-state index is 0.102. The molecule has 0 aliphatic rings. The average molecular weight is 933 g/mol. The Kier molecular flexibility index (Phi) is 52.4. The van der Waals surface area contributed by atoms with Gasteiger partial charge in [-0.2, -0.15) is 0 Å². The molecule has 0 fully saturated rings. The van der Waals surface area contributed by atoms with Crippen molar-refractivity contribution in [3.63, 3.8) is 0 Å². The van der Waals surface area contributed by atoms with Crippen molar-refractivity contribution in [3.05, 3.63) is 85.1 Å². The highest BCUT2D eigenvalue weighted by atomic mass is 16.6. The summed E-state index contributed by atoms with van der Waals surface area (Å²) in [6.07, 6.45) is 71.6. The molecule has 0 heterocycles. The van der Waals surface area contributed by atoms with Crippen molar-refractivity contribution in [2.24, 2.45) is 0 Å². The summed E-state index contributed by atoms with van der Waals surface area (Å²) in [6, 6.07) is 0. The Morgan fingerprint density at radius 2 is 0.612 bits per heavy atom. The van der Waals surface area contributed by atoms with Crippen molar-refractivity contribution in [1.82, 2.24) is 0 Å². The van der Waals surface area contributed by atoms with Crippen LogP contribution in [-0.4, -0.2) is 37.2 Å². The van der Waals surface area contributed by atoms with Gasteiger partial charge in [0.25, 0.3) is 0 Å². The number of carbonyl (C=O) groups is 3. The van der Waals surface area contributed by atoms with Gasteiger partial charge < -0.3 is 14.2 Å². The van der Waals surface area contributed by atoms with Gasteiger partial charge in [-0.1, -0.05) is 228 Å². The number of allylic oxidation sites excluding steroid dienone is 14. The third-order valence-electron chi connectivity index (χ3n) is 11.9. The summed E-state index contributed by atoms with van der Waals surface area (Å²) in [5.41, 5.74) is 0. The second-order valence-corrected chi connectivity index (χ2v) is 18.5. The van der Waals surface area contributed by atoms with Crippen LogP contribution < -0.4 is 0 Å². The lowest BCUT2D eigenvalue weighted by molar-refractivity contribution is -0.167. The predicted molar refractivity (Wildman–Crippen MR) is 288 cm³/mol. The fourth-order valence-electron chi connectivity index (χ4n) is 7.63. The summed E-state index contributed by atoms with van der Waals surface area (Å²) in [5.74, 6) is -0.969. The number of hydrogen-bond donors (Lipinski definition) is 0. The Hall–Kier alpha value is -3.41. The van der Waals surface area contributed by atoms with E-state index in [1.165, 1.54) is 128 Å². The quantitative estimate of drug-likeness (QED) is 0.0262. The summed E-state index contributed by atoms with van der Waals surface area (Å²) in [6.45, 7) is 6.44. The van der Waals surface area contributed by atoms with Gasteiger partial charge in [-0.3, -0.25) is 14.4 Å². The minimum Gasteiger partial charge on any atom is -0.462 e. The molecule has 0 radical (unpaired) electrons. The number of carbonyl (C=O) groups excluding carboxylic acids is 3. The molecule has 67 heavy (non-hydrogen) atoms. The summed E-state index contributed by atoms with van der Waals surface area (Å²) >= 11 is 0. The van der Waals surface area contributed by atoms with Crippen LogP contribution in [0.4, 0.5) is 0 Å². The maximum Gasteiger partial charge on any atom is 0.306 e. The third-order valence-corrected chi connectivity index (χ3v) is 11.9. The third kappa shape index (κ3) is 53.4. The zero-order valence-electron chi connectivity index (χ0n) is 43.9. The lowest BCUT2D eigenvalue weighted by Crippen LogP contribution is -2.30. The van der Waals surface area contributed by atoms with Crippen LogP contribution in [0.3, 0.4) is 0 Å². The van der Waals surface area contributed by atoms with Crippen LogP contribution in [0, 0.1) is 0 Å². The van der Waals surface area contributed by atoms with Crippen molar-refractivity contribution in [2.75, 3.05) is 13.2 Å². The largest absolute Gasteiger partial charge is 0.462 e. The van der Waals surface area contributed by atoms with Crippen LogP contribution in [0.5, 0.6) is 0 Å². The van der Waals surface area contributed by atoms with E-state index in [2.05, 4.69) is 106 Å². The molecule has 0 amide bonds. The first kappa shape index (κ1) is 63.6. The molecule has 0 unspecified atom stereocenters. The van der Waals surface area contributed by atoms with Crippen LogP contribution >= 0.6 is 0 Å². The smallest absolute Gasteiger partial charge is 0.306 e. The van der Waals surface area contributed by atoms with Gasteiger partial charge >= 0.3 is 17.9 Å². The molecule has 0 spiro atoms. The van der Waals surface area contributed by atoms with Crippen LogP contribution in [0.1, 0.15) is 265 Å². The molecular formula is C61H104O6. The first-order valence-electron chi connectivity index (χ1n) is 28.1. The SMILES string of the molecule is CC/C=C\C/C=C\C/C=C\C/C=C\C/C=C\CCCC(=O)O[C@@H](COC(=O)CCCCCCC/C=C\CCCC)COC(=O)CCCCCCCCCCCCC/C=C\CCCCCCCC. The summed E-state index contributed by atoms with van der Waals surface area (Å²) in [7, 11) is 0. The van der Waals surface area contributed by atoms with Gasteiger partial charge in [0.15, 0.2) is 6.10 Å². The van der Waals surface area contributed by atoms with Crippen LogP contribution in [-0.2, 0) is 28.6 Å². The first-order chi connectivity index (χ1) is 33.0. The second kappa shape index (κ2) is 55.2. The van der Waals surface area contributed by atoms with Gasteiger partial charge in [0, 0.05) is 19.3 Å². The van der Waals surface area contributed by atoms with Crippen LogP contribution in [0.15, 0.2) is 85.1 Å². The van der Waals surface area contributed by atoms with Gasteiger partial charge in [-0.15, -0.1) is 0 Å². The molecule has 1 atom stereocenters. The molecule has 0 rings (SSSR count). The zero-order valence-corrected chi connectivity index (χ0v) is 43.9. The molecule has 0 aromatic rings. The van der Waals surface area contributed by atoms with E-state index in [-0.39, 0.29) is 37.5 Å². The molecule has 384 valence electrons. The normalized spacial score (nSPS) is 12.7. The molecule has 6 heteroatoms. The Balaban J connectivity index is 4.39. The number of ether oxygens (including phenoxy) is 3. The molecule has 0 aromatic carbocycles. The Morgan fingerprint density at radius 3 is 1.01 bits per heavy atom. The molecule has 0 aliphatic heterocycles. The molecule has 0 aliphatic carbocycles. The number of esters is 3. The van der Waals surface area contributed by atoms with Gasteiger partial charge in [-0.05, 0) is 103 Å². The highest BCUT2D eigenvalue weighted by Gasteiger charge is 2.19. The standard InChI is InChI=1S/C61H104O6/c1-4-7-10-13-16-19-22-24-26-28-29-30-31-33-34-36-39-42-45-48-51-54-60(63)66-57-58(56-65-59(62)53-50-47-44-41-38-21-18-15-12-9-6-3)67-61(64)55-52-49-46-43-40-37-35-32-27-25-23-20-17-14-11-8-5-2/h8,11,15,17-18,20,24-27,35,37,43,46,58H,4-7,9-10,12-14,16,19,21-23,28-34,36,38-42,44-45,47-57H2,1-3H3/b11-8-,18-15-,20-17-,26-24-,27-25-,37-35-,46-43-/t58-/m0/s1. The van der Waals surface area contributed by atoms with Gasteiger partial charge in [0.05, 0.1) is 0 Å². The Bertz CT molecular complexity index is 1300. The monoisotopic (exact) mass is 933 g/mol. The van der Waals surface area contributed by atoms with Gasteiger partial charge in [0.1, 0.15) is 13.2 Å². The fraction of sp³-hybridized carbons (Fsp3) is 0.721. The minimum atomic E-state index is -0.809. The summed E-state index contributed by atoms with van der Waals surface area (Å²) < 4.78 is 16.8. The lowest BCUT2D eigenvalue weighted by Gasteiger charge is -2.18. The maximum atomic E-state index is 12.8. The summed E-state index contributed by atoms with van der Waals surface area (Å²) in [4.78, 5) is 38.0. The van der Waals surface area contributed by atoms with Crippen molar-refractivity contribution >= 4 is 17.9 Å². The van der Waals surface area contributed by atoms with Crippen molar-refractivity contribution in [2.45, 2.75) is 271 Å². The molecular weight excluding hydrogens is 829 g/mol. The van der Waals surface area contributed by atoms with Crippen LogP contribution in [0.2, 0.25) is 0 Å². The predicted octanol–water partition coefficient (Wildman–Crippen LogP) is 18.8. The molecule has 0 bridgehead atoms. The van der Waals surface area contributed by atoms with Crippen molar-refractivity contribution < 1.29 is 28.6 Å². The van der Waals surface area contributed by atoms with E-state index in [0.29, 0.717) is 19.3 Å². The zero-order chi connectivity index (χ0) is 48.6. The van der Waals surface area contributed by atoms with E-state index < -0.39 is 6.10 Å². The van der Waals surface area contributed by atoms with Crippen molar-refractivity contribution in [3.8, 4) is 0 Å². The van der Waals surface area contributed by atoms with Crippen molar-refractivity contribution in [1.29, 1.82) is 0 Å². The molecule has 0 saturated carbocycles. The molecule has 6 nitrogen and oxygen atoms in total. The summed E-state index contributed by atoms with van der Waals surface area (Å²) in [5, 5.41) is 0. The van der Waals surface area contributed by atoms with E-state index in [9.17, 15) is 14.4 Å². The van der Waals surface area contributed by atoms with E-state index in [0.717, 1.165) is 89.9 Å². The highest BCUT2D eigenvalue weighted by Crippen LogP contribution is 2.15. The highest BCUT2D eigenvalue weighted by molar-refractivity contribution is 5.71. The van der Waals surface area contributed by atoms with Crippen LogP contribution in [0.25, 0.3) is 0 Å². The molecule has 0 saturated heterocycles. The second-order valence-electron chi connectivity index (χ2n) is 18.5.